The van der Waals surface area contributed by atoms with Gasteiger partial charge in [0.15, 0.2) is 0 Å². The predicted octanol–water partition coefficient (Wildman–Crippen LogP) is 1.35. The molecule has 3 nitrogen and oxygen atoms in total. The summed E-state index contributed by atoms with van der Waals surface area (Å²) in [4.78, 5) is 8.39. The molecule has 0 aromatic rings. The summed E-state index contributed by atoms with van der Waals surface area (Å²) < 4.78 is 15.4. The van der Waals surface area contributed by atoms with E-state index in [0.717, 1.165) is 0 Å². The standard InChI is InChI=1S/C5H13O3PS/c1-10(2,3)8-4-5-9(6)7/h4-5H2,1-3H3/p+1. The molecule has 0 rings (SSSR count). The Kier molecular flexibility index (Phi) is 4.45. The molecule has 0 aromatic heterocycles. The van der Waals surface area contributed by atoms with Crippen LogP contribution in [0.5, 0.6) is 0 Å². The third-order valence-corrected chi connectivity index (χ3v) is 2.16. The predicted molar refractivity (Wildman–Crippen MR) is 46.0 cm³/mol. The average molecular weight is 185 g/mol. The van der Waals surface area contributed by atoms with Crippen LogP contribution in [0, 0.1) is 0 Å². The van der Waals surface area contributed by atoms with Crippen molar-refractivity contribution >= 4 is 18.3 Å². The minimum absolute atomic E-state index is 0.250. The van der Waals surface area contributed by atoms with E-state index in [1.807, 2.05) is 18.8 Å². The summed E-state index contributed by atoms with van der Waals surface area (Å²) in [7, 11) is -2.97. The van der Waals surface area contributed by atoms with Crippen molar-refractivity contribution in [3.05, 3.63) is 0 Å². The fourth-order valence-electron chi connectivity index (χ4n) is 0.365. The molecule has 0 saturated carbocycles. The minimum Gasteiger partial charge on any atom is -0.333 e. The van der Waals surface area contributed by atoms with Gasteiger partial charge < -0.3 is 4.18 Å². The lowest BCUT2D eigenvalue weighted by Crippen LogP contribution is -2.01. The highest BCUT2D eigenvalue weighted by Gasteiger charge is 2.11. The minimum atomic E-state index is -2.02. The quantitative estimate of drug-likeness (QED) is 0.672. The van der Waals surface area contributed by atoms with Gasteiger partial charge in [-0.05, 0) is 23.3 Å². The Labute approximate surface area is 64.2 Å². The molecule has 0 aromatic carbocycles. The van der Waals surface area contributed by atoms with Crippen LogP contribution in [0.25, 0.3) is 0 Å². The maximum atomic E-state index is 10.2. The van der Waals surface area contributed by atoms with E-state index < -0.39 is 18.3 Å². The van der Waals surface area contributed by atoms with Crippen LogP contribution in [0.4, 0.5) is 0 Å². The molecule has 0 spiro atoms. The topological polar surface area (TPSA) is 46.5 Å². The summed E-state index contributed by atoms with van der Waals surface area (Å²) in [6, 6.07) is 0. The lowest BCUT2D eigenvalue weighted by molar-refractivity contribution is 0.383. The van der Waals surface area contributed by atoms with Gasteiger partial charge in [0.25, 0.3) is 0 Å². The van der Waals surface area contributed by atoms with E-state index in [2.05, 4.69) is 0 Å². The summed E-state index contributed by atoms with van der Waals surface area (Å²) in [6.45, 7) is 0.393. The summed E-state index contributed by atoms with van der Waals surface area (Å²) in [5.41, 5.74) is 0. The van der Waals surface area contributed by atoms with Gasteiger partial charge in [-0.2, -0.15) is 4.89 Å². The molecule has 0 heterocycles. The number of hydrogen-bond donors (Lipinski definition) is 1. The van der Waals surface area contributed by atoms with Crippen LogP contribution >= 0.6 is 18.3 Å². The van der Waals surface area contributed by atoms with Crippen molar-refractivity contribution in [2.24, 2.45) is 0 Å². The molecule has 1 unspecified atom stereocenters. The molecule has 0 saturated heterocycles. The molecule has 10 heavy (non-hydrogen) atoms. The van der Waals surface area contributed by atoms with Gasteiger partial charge in [-0.15, -0.1) is 10.3 Å². The lowest BCUT2D eigenvalue weighted by Gasteiger charge is -2.23. The summed E-state index contributed by atoms with van der Waals surface area (Å²) in [5, 5.41) is 0. The van der Waals surface area contributed by atoms with Gasteiger partial charge in [-0.1, -0.05) is 0 Å². The molecular formula is C5H14O3PS+. The Morgan fingerprint density at radius 1 is 1.50 bits per heavy atom. The molecule has 62 valence electrons. The molecule has 0 fully saturated rings. The Morgan fingerprint density at radius 2 is 2.00 bits per heavy atom. The van der Waals surface area contributed by atoms with Gasteiger partial charge in [0, 0.05) is 0 Å². The Bertz CT molecular complexity index is 121. The van der Waals surface area contributed by atoms with E-state index in [9.17, 15) is 4.57 Å². The first kappa shape index (κ1) is 10.4. The molecule has 1 atom stereocenters. The maximum Gasteiger partial charge on any atom is 0.507 e. The molecular weight excluding hydrogens is 171 g/mol. The highest BCUT2D eigenvalue weighted by Crippen LogP contribution is 2.36. The van der Waals surface area contributed by atoms with Crippen molar-refractivity contribution in [2.45, 2.75) is 0 Å². The van der Waals surface area contributed by atoms with Gasteiger partial charge in [0.2, 0.25) is 6.16 Å². The van der Waals surface area contributed by atoms with Gasteiger partial charge >= 0.3 is 8.03 Å². The SMILES string of the molecule is CS(C)(C)OCC[P+](=O)O. The number of rotatable bonds is 4. The van der Waals surface area contributed by atoms with E-state index in [4.69, 9.17) is 9.08 Å². The van der Waals surface area contributed by atoms with Crippen LogP contribution in [0.1, 0.15) is 0 Å². The summed E-state index contributed by atoms with van der Waals surface area (Å²) in [6.07, 6.45) is 6.24. The number of hydrogen-bond acceptors (Lipinski definition) is 2. The molecule has 5 heteroatoms. The highest BCUT2D eigenvalue weighted by atomic mass is 32.3. The van der Waals surface area contributed by atoms with Crippen molar-refractivity contribution in [1.29, 1.82) is 0 Å². The normalized spacial score (nSPS) is 15.0. The van der Waals surface area contributed by atoms with E-state index in [1.165, 1.54) is 0 Å². The van der Waals surface area contributed by atoms with Crippen molar-refractivity contribution < 1.29 is 13.6 Å². The largest absolute Gasteiger partial charge is 0.507 e. The lowest BCUT2D eigenvalue weighted by atomic mass is 10.9. The van der Waals surface area contributed by atoms with Gasteiger partial charge in [0.1, 0.15) is 6.61 Å². The van der Waals surface area contributed by atoms with Crippen molar-refractivity contribution in [3.63, 3.8) is 0 Å². The van der Waals surface area contributed by atoms with Crippen LogP contribution < -0.4 is 0 Å². The highest BCUT2D eigenvalue weighted by molar-refractivity contribution is 8.28. The fraction of sp³-hybridized carbons (Fsp3) is 1.00. The smallest absolute Gasteiger partial charge is 0.333 e. The van der Waals surface area contributed by atoms with E-state index in [1.54, 1.807) is 0 Å². The zero-order chi connectivity index (χ0) is 8.20. The van der Waals surface area contributed by atoms with E-state index in [0.29, 0.717) is 6.61 Å². The third kappa shape index (κ3) is 8.37. The van der Waals surface area contributed by atoms with E-state index >= 15 is 0 Å². The molecule has 0 radical (unpaired) electrons. The summed E-state index contributed by atoms with van der Waals surface area (Å²) >= 11 is 0. The van der Waals surface area contributed by atoms with Gasteiger partial charge in [-0.3, -0.25) is 0 Å². The van der Waals surface area contributed by atoms with Crippen LogP contribution in [0.15, 0.2) is 0 Å². The van der Waals surface area contributed by atoms with Gasteiger partial charge in [-0.25, -0.2) is 0 Å². The zero-order valence-electron chi connectivity index (χ0n) is 6.53. The fourth-order valence-corrected chi connectivity index (χ4v) is 1.32. The second-order valence-corrected chi connectivity index (χ2v) is 7.46. The van der Waals surface area contributed by atoms with E-state index in [-0.39, 0.29) is 6.16 Å². The molecule has 0 aliphatic rings. The first-order valence-electron chi connectivity index (χ1n) is 2.88. The second-order valence-electron chi connectivity index (χ2n) is 2.62. The monoisotopic (exact) mass is 185 g/mol. The zero-order valence-corrected chi connectivity index (χ0v) is 8.24. The van der Waals surface area contributed by atoms with Crippen LogP contribution in [0.3, 0.4) is 0 Å². The molecule has 0 bridgehead atoms. The maximum absolute atomic E-state index is 10.2. The molecule has 0 aliphatic carbocycles. The first-order valence-corrected chi connectivity index (χ1v) is 7.06. The molecule has 0 amide bonds. The van der Waals surface area contributed by atoms with Crippen LogP contribution in [0.2, 0.25) is 0 Å². The summed E-state index contributed by atoms with van der Waals surface area (Å²) in [5.74, 6) is 0. The Morgan fingerprint density at radius 3 is 2.30 bits per heavy atom. The van der Waals surface area contributed by atoms with Crippen molar-refractivity contribution in [2.75, 3.05) is 31.5 Å². The molecule has 0 aliphatic heterocycles. The Hall–Kier alpha value is 0.370. The second kappa shape index (κ2) is 4.29. The Balaban J connectivity index is 3.29. The molecule has 1 N–H and O–H groups in total. The van der Waals surface area contributed by atoms with Crippen LogP contribution in [-0.2, 0) is 8.75 Å². The van der Waals surface area contributed by atoms with Gasteiger partial charge in [0.05, 0.1) is 0 Å². The first-order chi connectivity index (χ1) is 4.42. The van der Waals surface area contributed by atoms with Crippen LogP contribution in [-0.4, -0.2) is 36.4 Å². The third-order valence-electron chi connectivity index (χ3n) is 0.719. The van der Waals surface area contributed by atoms with Crippen molar-refractivity contribution in [3.8, 4) is 0 Å². The van der Waals surface area contributed by atoms with Crippen molar-refractivity contribution in [1.82, 2.24) is 0 Å². The average Bonchev–Trinajstić information content (AvgIpc) is 1.59.